The van der Waals surface area contributed by atoms with Crippen molar-refractivity contribution in [3.63, 3.8) is 0 Å². The minimum Gasteiger partial charge on any atom is -0.310 e. The molecule has 0 amide bonds. The number of hydrogen-bond donors (Lipinski definition) is 0. The van der Waals surface area contributed by atoms with E-state index < -0.39 is 0 Å². The van der Waals surface area contributed by atoms with E-state index in [9.17, 15) is 4.79 Å². The fraction of sp³-hybridized carbons (Fsp3) is 0. The molecule has 35 heavy (non-hydrogen) atoms. The van der Waals surface area contributed by atoms with Crippen LogP contribution in [0.25, 0.3) is 38.4 Å². The third kappa shape index (κ3) is 3.49. The highest BCUT2D eigenvalue weighted by molar-refractivity contribution is 6.25. The maximum atomic E-state index is 11.1. The molecule has 0 radical (unpaired) electrons. The van der Waals surface area contributed by atoms with Crippen LogP contribution in [-0.4, -0.2) is 6.29 Å². The van der Waals surface area contributed by atoms with E-state index in [2.05, 4.69) is 71.6 Å². The van der Waals surface area contributed by atoms with E-state index in [0.717, 1.165) is 22.6 Å². The number of carbonyl (C=O) groups excluding carboxylic acids is 1. The summed E-state index contributed by atoms with van der Waals surface area (Å²) in [6.45, 7) is 0. The van der Waals surface area contributed by atoms with E-state index in [1.54, 1.807) is 6.08 Å². The molecule has 0 aliphatic heterocycles. The van der Waals surface area contributed by atoms with Crippen LogP contribution in [-0.2, 0) is 4.79 Å². The summed E-state index contributed by atoms with van der Waals surface area (Å²) in [4.78, 5) is 13.3. The first-order chi connectivity index (χ1) is 17.3. The molecule has 0 saturated carbocycles. The third-order valence-electron chi connectivity index (χ3n) is 6.49. The van der Waals surface area contributed by atoms with Gasteiger partial charge in [-0.3, -0.25) is 4.79 Å². The lowest BCUT2D eigenvalue weighted by Gasteiger charge is -2.27. The topological polar surface area (TPSA) is 44.1 Å². The second-order valence-corrected chi connectivity index (χ2v) is 8.53. The summed E-state index contributed by atoms with van der Waals surface area (Å²) in [6, 6.07) is 39.8. The van der Waals surface area contributed by atoms with Crippen LogP contribution in [0.4, 0.5) is 17.1 Å². The van der Waals surface area contributed by atoms with Gasteiger partial charge in [-0.05, 0) is 68.9 Å². The first-order valence-electron chi connectivity index (χ1n) is 11.5. The molecular formula is C32H20N2O. The van der Waals surface area contributed by atoms with Gasteiger partial charge in [0.1, 0.15) is 6.07 Å². The molecule has 6 aromatic rings. The number of allylic oxidation sites excluding steroid dienone is 1. The van der Waals surface area contributed by atoms with E-state index in [1.165, 1.54) is 32.3 Å². The number of nitrogens with zero attached hydrogens (tertiary/aromatic N) is 2. The average molecular weight is 449 g/mol. The molecule has 0 fully saturated rings. The molecule has 0 saturated heterocycles. The van der Waals surface area contributed by atoms with Gasteiger partial charge in [-0.2, -0.15) is 5.26 Å². The van der Waals surface area contributed by atoms with E-state index >= 15 is 0 Å². The summed E-state index contributed by atoms with van der Waals surface area (Å²) in [5.41, 5.74) is 4.05. The number of para-hydroxylation sites is 1. The quantitative estimate of drug-likeness (QED) is 0.116. The largest absolute Gasteiger partial charge is 0.310 e. The summed E-state index contributed by atoms with van der Waals surface area (Å²) in [6.07, 6.45) is 2.18. The fourth-order valence-electron chi connectivity index (χ4n) is 4.91. The summed E-state index contributed by atoms with van der Waals surface area (Å²) < 4.78 is 0. The van der Waals surface area contributed by atoms with Gasteiger partial charge < -0.3 is 4.90 Å². The van der Waals surface area contributed by atoms with E-state index in [0.29, 0.717) is 6.29 Å². The number of carbonyl (C=O) groups is 1. The van der Waals surface area contributed by atoms with Crippen molar-refractivity contribution in [1.29, 1.82) is 5.26 Å². The molecule has 0 unspecified atom stereocenters. The Hall–Kier alpha value is -4.94. The molecule has 3 nitrogen and oxygen atoms in total. The molecule has 3 heteroatoms. The van der Waals surface area contributed by atoms with Crippen molar-refractivity contribution in [3.8, 4) is 6.07 Å². The van der Waals surface area contributed by atoms with Gasteiger partial charge in [-0.25, -0.2) is 0 Å². The van der Waals surface area contributed by atoms with Crippen molar-refractivity contribution in [2.75, 3.05) is 4.90 Å². The number of nitriles is 1. The average Bonchev–Trinajstić information content (AvgIpc) is 2.92. The SMILES string of the molecule is N#C/C(C=O)=C\c1ccc(N(c2ccccc2)c2ccc3ccc4cccc5ccc2c3c45)cc1. The fourth-order valence-corrected chi connectivity index (χ4v) is 4.91. The molecule has 0 atom stereocenters. The summed E-state index contributed by atoms with van der Waals surface area (Å²) in [5, 5.41) is 16.5. The Morgan fingerprint density at radius 1 is 0.657 bits per heavy atom. The first kappa shape index (κ1) is 20.7. The molecule has 164 valence electrons. The molecule has 0 N–H and O–H groups in total. The Bertz CT molecular complexity index is 1740. The highest BCUT2D eigenvalue weighted by Gasteiger charge is 2.18. The van der Waals surface area contributed by atoms with Crippen molar-refractivity contribution in [3.05, 3.63) is 120 Å². The number of rotatable bonds is 5. The second-order valence-electron chi connectivity index (χ2n) is 8.53. The van der Waals surface area contributed by atoms with Gasteiger partial charge in [0, 0.05) is 16.8 Å². The van der Waals surface area contributed by atoms with Crippen molar-refractivity contribution in [1.82, 2.24) is 0 Å². The van der Waals surface area contributed by atoms with Crippen molar-refractivity contribution >= 4 is 61.7 Å². The van der Waals surface area contributed by atoms with Crippen LogP contribution in [0.1, 0.15) is 5.56 Å². The van der Waals surface area contributed by atoms with Crippen LogP contribution in [0.3, 0.4) is 0 Å². The number of aldehydes is 1. The van der Waals surface area contributed by atoms with Crippen LogP contribution in [0.5, 0.6) is 0 Å². The van der Waals surface area contributed by atoms with Crippen LogP contribution < -0.4 is 4.90 Å². The Balaban J connectivity index is 1.59. The molecule has 0 bridgehead atoms. The molecule has 6 aromatic carbocycles. The molecule has 0 spiro atoms. The van der Waals surface area contributed by atoms with Gasteiger partial charge in [0.25, 0.3) is 0 Å². The van der Waals surface area contributed by atoms with E-state index in [4.69, 9.17) is 5.26 Å². The Morgan fingerprint density at radius 2 is 1.29 bits per heavy atom. The lowest BCUT2D eigenvalue weighted by atomic mass is 9.93. The summed E-state index contributed by atoms with van der Waals surface area (Å²) in [7, 11) is 0. The van der Waals surface area contributed by atoms with Crippen molar-refractivity contribution < 1.29 is 4.79 Å². The zero-order valence-corrected chi connectivity index (χ0v) is 18.8. The van der Waals surface area contributed by atoms with Gasteiger partial charge >= 0.3 is 0 Å². The Kier molecular flexibility index (Phi) is 4.98. The van der Waals surface area contributed by atoms with Gasteiger partial charge in [0.2, 0.25) is 0 Å². The Labute approximate surface area is 203 Å². The molecule has 0 aliphatic carbocycles. The summed E-state index contributed by atoms with van der Waals surface area (Å²) >= 11 is 0. The summed E-state index contributed by atoms with van der Waals surface area (Å²) in [5.74, 6) is 0. The predicted octanol–water partition coefficient (Wildman–Crippen LogP) is 8.16. The van der Waals surface area contributed by atoms with Gasteiger partial charge in [0.05, 0.1) is 11.3 Å². The standard InChI is InChI=1S/C32H20N2O/c33-20-23(21-35)19-22-9-15-28(16-10-22)34(27-7-2-1-3-8-27)30-18-14-26-12-11-24-5-4-6-25-13-17-29(30)32(26)31(24)25/h1-19,21H/b23-19+. The minimum atomic E-state index is 0.101. The van der Waals surface area contributed by atoms with Crippen LogP contribution in [0.2, 0.25) is 0 Å². The molecule has 0 aliphatic rings. The zero-order chi connectivity index (χ0) is 23.8. The first-order valence-corrected chi connectivity index (χ1v) is 11.5. The van der Waals surface area contributed by atoms with Crippen LogP contribution in [0, 0.1) is 11.3 Å². The number of benzene rings is 6. The highest BCUT2D eigenvalue weighted by atomic mass is 16.1. The van der Waals surface area contributed by atoms with Crippen molar-refractivity contribution in [2.45, 2.75) is 0 Å². The van der Waals surface area contributed by atoms with Crippen molar-refractivity contribution in [2.24, 2.45) is 0 Å². The van der Waals surface area contributed by atoms with Gasteiger partial charge in [-0.15, -0.1) is 0 Å². The third-order valence-corrected chi connectivity index (χ3v) is 6.49. The minimum absolute atomic E-state index is 0.101. The monoisotopic (exact) mass is 448 g/mol. The van der Waals surface area contributed by atoms with Crippen LogP contribution in [0.15, 0.2) is 115 Å². The maximum absolute atomic E-state index is 11.1. The molecule has 0 heterocycles. The van der Waals surface area contributed by atoms with Crippen LogP contribution >= 0.6 is 0 Å². The Morgan fingerprint density at radius 3 is 1.97 bits per heavy atom. The second kappa shape index (κ2) is 8.44. The lowest BCUT2D eigenvalue weighted by Crippen LogP contribution is -2.10. The molecule has 0 aromatic heterocycles. The molecular weight excluding hydrogens is 428 g/mol. The highest BCUT2D eigenvalue weighted by Crippen LogP contribution is 2.43. The van der Waals surface area contributed by atoms with E-state index in [-0.39, 0.29) is 5.57 Å². The van der Waals surface area contributed by atoms with E-state index in [1.807, 2.05) is 48.5 Å². The predicted molar refractivity (Wildman–Crippen MR) is 144 cm³/mol. The lowest BCUT2D eigenvalue weighted by molar-refractivity contribution is -0.104. The molecule has 6 rings (SSSR count). The normalized spacial score (nSPS) is 11.7. The smallest absolute Gasteiger partial charge is 0.160 e. The maximum Gasteiger partial charge on any atom is 0.160 e. The number of hydrogen-bond acceptors (Lipinski definition) is 3. The number of anilines is 3. The van der Waals surface area contributed by atoms with Gasteiger partial charge in [-0.1, -0.05) is 78.9 Å². The van der Waals surface area contributed by atoms with Gasteiger partial charge in [0.15, 0.2) is 6.29 Å². The zero-order valence-electron chi connectivity index (χ0n) is 18.8.